The first-order valence-corrected chi connectivity index (χ1v) is 9.73. The SMILES string of the molecule is Fc1ccc(CSc2nc3cccnc3n2Cc2cccc(C(F)(F)F)c2)cc1. The van der Waals surface area contributed by atoms with Crippen molar-refractivity contribution in [3.63, 3.8) is 0 Å². The van der Waals surface area contributed by atoms with E-state index in [-0.39, 0.29) is 12.4 Å². The normalized spacial score (nSPS) is 11.9. The molecule has 0 aliphatic carbocycles. The number of alkyl halides is 3. The summed E-state index contributed by atoms with van der Waals surface area (Å²) in [6.45, 7) is 0.211. The number of rotatable bonds is 5. The van der Waals surface area contributed by atoms with Crippen LogP contribution in [0.15, 0.2) is 72.0 Å². The Morgan fingerprint density at radius 1 is 0.931 bits per heavy atom. The molecular weight excluding hydrogens is 402 g/mol. The Kier molecular flexibility index (Phi) is 5.27. The summed E-state index contributed by atoms with van der Waals surface area (Å²) in [7, 11) is 0. The first-order valence-electron chi connectivity index (χ1n) is 8.75. The predicted molar refractivity (Wildman–Crippen MR) is 104 cm³/mol. The molecule has 2 aromatic heterocycles. The molecule has 0 aliphatic heterocycles. The third-order valence-corrected chi connectivity index (χ3v) is 5.39. The molecule has 0 N–H and O–H groups in total. The maximum Gasteiger partial charge on any atom is 0.416 e. The number of imidazole rings is 1. The van der Waals surface area contributed by atoms with E-state index in [1.54, 1.807) is 35.0 Å². The van der Waals surface area contributed by atoms with E-state index in [0.29, 0.717) is 27.6 Å². The molecule has 0 aliphatic rings. The van der Waals surface area contributed by atoms with Gasteiger partial charge in [-0.05, 0) is 47.5 Å². The van der Waals surface area contributed by atoms with Gasteiger partial charge >= 0.3 is 6.18 Å². The van der Waals surface area contributed by atoms with E-state index >= 15 is 0 Å². The molecule has 0 amide bonds. The summed E-state index contributed by atoms with van der Waals surface area (Å²) in [5, 5.41) is 0.639. The molecule has 0 bridgehead atoms. The second kappa shape index (κ2) is 7.87. The van der Waals surface area contributed by atoms with E-state index in [2.05, 4.69) is 9.97 Å². The van der Waals surface area contributed by atoms with Crippen molar-refractivity contribution in [3.05, 3.63) is 89.4 Å². The molecule has 0 saturated carbocycles. The van der Waals surface area contributed by atoms with Crippen LogP contribution in [-0.4, -0.2) is 14.5 Å². The molecule has 148 valence electrons. The van der Waals surface area contributed by atoms with Crippen LogP contribution in [0.1, 0.15) is 16.7 Å². The molecule has 4 aromatic rings. The zero-order chi connectivity index (χ0) is 20.4. The first kappa shape index (κ1) is 19.4. The summed E-state index contributed by atoms with van der Waals surface area (Å²) < 4.78 is 54.1. The lowest BCUT2D eigenvalue weighted by Crippen LogP contribution is -2.07. The summed E-state index contributed by atoms with van der Waals surface area (Å²) in [6.07, 6.45) is -2.77. The van der Waals surface area contributed by atoms with E-state index in [1.165, 1.54) is 30.0 Å². The number of nitrogens with zero attached hydrogens (tertiary/aromatic N) is 3. The van der Waals surface area contributed by atoms with Gasteiger partial charge < -0.3 is 0 Å². The van der Waals surface area contributed by atoms with Gasteiger partial charge in [-0.15, -0.1) is 0 Å². The number of halogens is 4. The molecule has 2 heterocycles. The summed E-state index contributed by atoms with van der Waals surface area (Å²) >= 11 is 1.43. The fourth-order valence-corrected chi connectivity index (χ4v) is 3.91. The smallest absolute Gasteiger partial charge is 0.299 e. The van der Waals surface area contributed by atoms with Gasteiger partial charge in [0.15, 0.2) is 10.8 Å². The molecule has 0 fully saturated rings. The Balaban J connectivity index is 1.66. The van der Waals surface area contributed by atoms with Crippen LogP contribution >= 0.6 is 11.8 Å². The Morgan fingerprint density at radius 3 is 2.48 bits per heavy atom. The minimum Gasteiger partial charge on any atom is -0.299 e. The van der Waals surface area contributed by atoms with Crippen molar-refractivity contribution in [1.29, 1.82) is 0 Å². The summed E-state index contributed by atoms with van der Waals surface area (Å²) in [5.74, 6) is 0.242. The van der Waals surface area contributed by atoms with Gasteiger partial charge in [0.05, 0.1) is 12.1 Å². The van der Waals surface area contributed by atoms with Crippen LogP contribution in [0, 0.1) is 5.82 Å². The van der Waals surface area contributed by atoms with E-state index in [4.69, 9.17) is 0 Å². The van der Waals surface area contributed by atoms with Crippen LogP contribution in [0.2, 0.25) is 0 Å². The van der Waals surface area contributed by atoms with Crippen molar-refractivity contribution >= 4 is 22.9 Å². The van der Waals surface area contributed by atoms with Crippen molar-refractivity contribution in [2.45, 2.75) is 23.6 Å². The molecule has 0 atom stereocenters. The highest BCUT2D eigenvalue weighted by Gasteiger charge is 2.30. The van der Waals surface area contributed by atoms with Gasteiger partial charge in [-0.2, -0.15) is 13.2 Å². The summed E-state index contributed by atoms with van der Waals surface area (Å²) in [5.41, 5.74) is 2.01. The third-order valence-electron chi connectivity index (χ3n) is 4.34. The van der Waals surface area contributed by atoms with Crippen molar-refractivity contribution in [3.8, 4) is 0 Å². The molecule has 0 radical (unpaired) electrons. The lowest BCUT2D eigenvalue weighted by Gasteiger charge is -2.11. The Hall–Kier alpha value is -2.87. The number of pyridine rings is 1. The maximum absolute atomic E-state index is 13.1. The lowest BCUT2D eigenvalue weighted by atomic mass is 10.1. The zero-order valence-electron chi connectivity index (χ0n) is 15.0. The number of benzene rings is 2. The molecule has 2 aromatic carbocycles. The van der Waals surface area contributed by atoms with Crippen LogP contribution in [0.25, 0.3) is 11.2 Å². The summed E-state index contributed by atoms with van der Waals surface area (Å²) in [4.78, 5) is 8.93. The minimum absolute atomic E-state index is 0.211. The number of hydrogen-bond donors (Lipinski definition) is 0. The van der Waals surface area contributed by atoms with E-state index in [0.717, 1.165) is 17.7 Å². The fraction of sp³-hybridized carbons (Fsp3) is 0.143. The van der Waals surface area contributed by atoms with Gasteiger partial charge in [0.1, 0.15) is 11.3 Å². The number of thioether (sulfide) groups is 1. The highest BCUT2D eigenvalue weighted by molar-refractivity contribution is 7.98. The average molecular weight is 417 g/mol. The third kappa shape index (κ3) is 4.42. The highest BCUT2D eigenvalue weighted by atomic mass is 32.2. The van der Waals surface area contributed by atoms with Crippen LogP contribution in [0.5, 0.6) is 0 Å². The van der Waals surface area contributed by atoms with E-state index < -0.39 is 11.7 Å². The van der Waals surface area contributed by atoms with Crippen LogP contribution in [0.4, 0.5) is 17.6 Å². The molecule has 0 saturated heterocycles. The zero-order valence-corrected chi connectivity index (χ0v) is 15.8. The van der Waals surface area contributed by atoms with E-state index in [1.807, 2.05) is 6.07 Å². The number of fused-ring (bicyclic) bond motifs is 1. The maximum atomic E-state index is 13.1. The Bertz CT molecular complexity index is 1140. The molecule has 0 spiro atoms. The number of hydrogen-bond acceptors (Lipinski definition) is 3. The van der Waals surface area contributed by atoms with Crippen LogP contribution in [0.3, 0.4) is 0 Å². The fourth-order valence-electron chi connectivity index (χ4n) is 2.95. The topological polar surface area (TPSA) is 30.7 Å². The van der Waals surface area contributed by atoms with Gasteiger partial charge in [0.25, 0.3) is 0 Å². The van der Waals surface area contributed by atoms with Crippen molar-refractivity contribution < 1.29 is 17.6 Å². The standard InChI is InChI=1S/C21H15F4N3S/c22-17-8-6-14(7-9-17)13-29-20-27-18-5-2-10-26-19(18)28(20)12-15-3-1-4-16(11-15)21(23,24)25/h1-11H,12-13H2. The van der Waals surface area contributed by atoms with Crippen LogP contribution < -0.4 is 0 Å². The molecule has 0 unspecified atom stereocenters. The molecular formula is C21H15F4N3S. The van der Waals surface area contributed by atoms with Gasteiger partial charge in [-0.3, -0.25) is 4.57 Å². The highest BCUT2D eigenvalue weighted by Crippen LogP contribution is 2.31. The lowest BCUT2D eigenvalue weighted by molar-refractivity contribution is -0.137. The van der Waals surface area contributed by atoms with Gasteiger partial charge in [-0.25, -0.2) is 14.4 Å². The van der Waals surface area contributed by atoms with Gasteiger partial charge in [0.2, 0.25) is 0 Å². The Morgan fingerprint density at radius 2 is 1.72 bits per heavy atom. The van der Waals surface area contributed by atoms with Gasteiger partial charge in [-0.1, -0.05) is 36.0 Å². The monoisotopic (exact) mass is 417 g/mol. The van der Waals surface area contributed by atoms with Crippen molar-refractivity contribution in [1.82, 2.24) is 14.5 Å². The second-order valence-electron chi connectivity index (χ2n) is 6.44. The second-order valence-corrected chi connectivity index (χ2v) is 7.38. The number of aromatic nitrogens is 3. The average Bonchev–Trinajstić information content (AvgIpc) is 3.05. The molecule has 4 rings (SSSR count). The minimum atomic E-state index is -4.40. The summed E-state index contributed by atoms with van der Waals surface area (Å²) in [6, 6.07) is 15.0. The van der Waals surface area contributed by atoms with Crippen LogP contribution in [-0.2, 0) is 18.5 Å². The quantitative estimate of drug-likeness (QED) is 0.298. The van der Waals surface area contributed by atoms with Crippen molar-refractivity contribution in [2.24, 2.45) is 0 Å². The molecule has 29 heavy (non-hydrogen) atoms. The predicted octanol–water partition coefficient (Wildman–Crippen LogP) is 5.93. The molecule has 8 heteroatoms. The first-order chi connectivity index (χ1) is 13.9. The molecule has 3 nitrogen and oxygen atoms in total. The van der Waals surface area contributed by atoms with Gasteiger partial charge in [0, 0.05) is 11.9 Å². The Labute approximate surface area is 168 Å². The van der Waals surface area contributed by atoms with E-state index in [9.17, 15) is 17.6 Å². The largest absolute Gasteiger partial charge is 0.416 e. The van der Waals surface area contributed by atoms with Crippen molar-refractivity contribution in [2.75, 3.05) is 0 Å².